The zero-order valence-electron chi connectivity index (χ0n) is 12.9. The van der Waals surface area contributed by atoms with Crippen LogP contribution < -0.4 is 5.14 Å². The standard InChI is InChI=1S/C17H17N3O3S/c18-24(22,23)20-11-14(10-15-8-4-5-9-19-15)17(21)16(12-20)13-6-2-1-3-7-13/h1-10,16H,11-12H2,(H2,18,22,23). The van der Waals surface area contributed by atoms with Gasteiger partial charge < -0.3 is 0 Å². The Morgan fingerprint density at radius 2 is 1.83 bits per heavy atom. The van der Waals surface area contributed by atoms with E-state index in [1.54, 1.807) is 30.5 Å². The topological polar surface area (TPSA) is 93.4 Å². The number of carbonyl (C=O) groups excluding carboxylic acids is 1. The van der Waals surface area contributed by atoms with Gasteiger partial charge in [-0.1, -0.05) is 36.4 Å². The third-order valence-electron chi connectivity index (χ3n) is 3.94. The van der Waals surface area contributed by atoms with Crippen LogP contribution in [0.15, 0.2) is 60.3 Å². The summed E-state index contributed by atoms with van der Waals surface area (Å²) in [5, 5.41) is 5.30. The number of piperidine rings is 1. The lowest BCUT2D eigenvalue weighted by Gasteiger charge is -2.31. The largest absolute Gasteiger partial charge is 0.294 e. The van der Waals surface area contributed by atoms with Gasteiger partial charge in [0.25, 0.3) is 10.2 Å². The zero-order chi connectivity index (χ0) is 17.2. The van der Waals surface area contributed by atoms with Crippen LogP contribution >= 0.6 is 0 Å². The summed E-state index contributed by atoms with van der Waals surface area (Å²) in [5.41, 5.74) is 1.74. The highest BCUT2D eigenvalue weighted by atomic mass is 32.2. The van der Waals surface area contributed by atoms with Gasteiger partial charge in [-0.2, -0.15) is 12.7 Å². The molecule has 2 aromatic rings. The van der Waals surface area contributed by atoms with Crippen LogP contribution in [0.25, 0.3) is 6.08 Å². The lowest BCUT2D eigenvalue weighted by atomic mass is 9.87. The summed E-state index contributed by atoms with van der Waals surface area (Å²) >= 11 is 0. The number of hydrogen-bond donors (Lipinski definition) is 1. The molecule has 0 saturated carbocycles. The number of nitrogens with zero attached hydrogens (tertiary/aromatic N) is 2. The molecule has 0 amide bonds. The Bertz CT molecular complexity index is 864. The highest BCUT2D eigenvalue weighted by Crippen LogP contribution is 2.28. The normalized spacial score (nSPS) is 21.1. The molecular weight excluding hydrogens is 326 g/mol. The second kappa shape index (κ2) is 6.64. The van der Waals surface area contributed by atoms with Crippen molar-refractivity contribution in [2.75, 3.05) is 13.1 Å². The summed E-state index contributed by atoms with van der Waals surface area (Å²) in [5.74, 6) is -0.681. The van der Waals surface area contributed by atoms with Crippen molar-refractivity contribution in [1.82, 2.24) is 9.29 Å². The SMILES string of the molecule is NS(=O)(=O)N1CC(=Cc2ccccn2)C(=O)C(c2ccccc2)C1. The minimum absolute atomic E-state index is 0.0429. The van der Waals surface area contributed by atoms with Crippen molar-refractivity contribution in [3.63, 3.8) is 0 Å². The first-order valence-electron chi connectivity index (χ1n) is 7.44. The van der Waals surface area contributed by atoms with Crippen molar-refractivity contribution in [3.05, 3.63) is 71.6 Å². The summed E-state index contributed by atoms with van der Waals surface area (Å²) in [4.78, 5) is 17.0. The molecule has 124 valence electrons. The van der Waals surface area contributed by atoms with Crippen molar-refractivity contribution in [2.24, 2.45) is 5.14 Å². The highest BCUT2D eigenvalue weighted by Gasteiger charge is 2.36. The first kappa shape index (κ1) is 16.5. The number of nitrogens with two attached hydrogens (primary N) is 1. The van der Waals surface area contributed by atoms with Crippen LogP contribution in [0, 0.1) is 0 Å². The summed E-state index contributed by atoms with van der Waals surface area (Å²) in [7, 11) is -3.90. The fourth-order valence-corrected chi connectivity index (χ4v) is 3.41. The third kappa shape index (κ3) is 3.59. The van der Waals surface area contributed by atoms with Gasteiger partial charge in [0, 0.05) is 24.9 Å². The predicted octanol–water partition coefficient (Wildman–Crippen LogP) is 1.34. The van der Waals surface area contributed by atoms with Gasteiger partial charge in [0.2, 0.25) is 0 Å². The van der Waals surface area contributed by atoms with Crippen molar-refractivity contribution in [3.8, 4) is 0 Å². The maximum Gasteiger partial charge on any atom is 0.277 e. The molecule has 0 radical (unpaired) electrons. The molecule has 3 rings (SSSR count). The van der Waals surface area contributed by atoms with Crippen LogP contribution in [0.3, 0.4) is 0 Å². The Kier molecular flexibility index (Phi) is 4.57. The number of benzene rings is 1. The zero-order valence-corrected chi connectivity index (χ0v) is 13.7. The van der Waals surface area contributed by atoms with Gasteiger partial charge in [-0.05, 0) is 23.8 Å². The molecule has 1 fully saturated rings. The smallest absolute Gasteiger partial charge is 0.277 e. The molecule has 1 aromatic carbocycles. The molecule has 1 saturated heterocycles. The summed E-state index contributed by atoms with van der Waals surface area (Å²) in [6.45, 7) is -0.00118. The lowest BCUT2D eigenvalue weighted by Crippen LogP contribution is -2.47. The Balaban J connectivity index is 2.02. The van der Waals surface area contributed by atoms with Gasteiger partial charge in [-0.25, -0.2) is 5.14 Å². The molecule has 1 aliphatic heterocycles. The average molecular weight is 343 g/mol. The van der Waals surface area contributed by atoms with Gasteiger partial charge in [0.1, 0.15) is 0 Å². The number of carbonyl (C=O) groups is 1. The van der Waals surface area contributed by atoms with E-state index in [1.807, 2.05) is 30.3 Å². The first-order valence-corrected chi connectivity index (χ1v) is 8.94. The van der Waals surface area contributed by atoms with E-state index in [9.17, 15) is 13.2 Å². The fourth-order valence-electron chi connectivity index (χ4n) is 2.74. The van der Waals surface area contributed by atoms with Crippen LogP contribution in [0.1, 0.15) is 17.2 Å². The molecule has 0 aliphatic carbocycles. The van der Waals surface area contributed by atoms with Crippen molar-refractivity contribution < 1.29 is 13.2 Å². The summed E-state index contributed by atoms with van der Waals surface area (Å²) < 4.78 is 24.8. The van der Waals surface area contributed by atoms with Crippen molar-refractivity contribution in [1.29, 1.82) is 0 Å². The van der Waals surface area contributed by atoms with E-state index < -0.39 is 16.1 Å². The van der Waals surface area contributed by atoms with Crippen molar-refractivity contribution in [2.45, 2.75) is 5.92 Å². The predicted molar refractivity (Wildman–Crippen MR) is 91.1 cm³/mol. The van der Waals surface area contributed by atoms with Gasteiger partial charge >= 0.3 is 0 Å². The van der Waals surface area contributed by atoms with Crippen LogP contribution in [0.2, 0.25) is 0 Å². The molecule has 1 aliphatic rings. The van der Waals surface area contributed by atoms with Gasteiger partial charge in [0.05, 0.1) is 11.6 Å². The number of aromatic nitrogens is 1. The Morgan fingerprint density at radius 1 is 1.12 bits per heavy atom. The highest BCUT2D eigenvalue weighted by molar-refractivity contribution is 7.86. The van der Waals surface area contributed by atoms with E-state index in [4.69, 9.17) is 5.14 Å². The van der Waals surface area contributed by atoms with Crippen LogP contribution in [-0.2, 0) is 15.0 Å². The molecule has 2 N–H and O–H groups in total. The molecule has 2 heterocycles. The number of Topliss-reactive ketones (excluding diaryl/α,β-unsaturated/α-hetero) is 1. The van der Waals surface area contributed by atoms with Crippen LogP contribution in [0.4, 0.5) is 0 Å². The van der Waals surface area contributed by atoms with E-state index in [1.165, 1.54) is 0 Å². The number of rotatable bonds is 3. The maximum absolute atomic E-state index is 12.8. The minimum atomic E-state index is -3.90. The molecule has 1 atom stereocenters. The Labute approximate surface area is 140 Å². The third-order valence-corrected chi connectivity index (χ3v) is 4.94. The van der Waals surface area contributed by atoms with Gasteiger partial charge in [0.15, 0.2) is 5.78 Å². The van der Waals surface area contributed by atoms with Crippen LogP contribution in [-0.4, -0.2) is 36.6 Å². The summed E-state index contributed by atoms with van der Waals surface area (Å²) in [6, 6.07) is 14.4. The van der Waals surface area contributed by atoms with E-state index in [2.05, 4.69) is 4.98 Å². The minimum Gasteiger partial charge on any atom is -0.294 e. The molecule has 6 nitrogen and oxygen atoms in total. The lowest BCUT2D eigenvalue weighted by molar-refractivity contribution is -0.118. The Morgan fingerprint density at radius 3 is 2.46 bits per heavy atom. The molecular formula is C17H17N3O3S. The van der Waals surface area contributed by atoms with Gasteiger partial charge in [-0.3, -0.25) is 9.78 Å². The summed E-state index contributed by atoms with van der Waals surface area (Å²) in [6.07, 6.45) is 3.24. The number of hydrogen-bond acceptors (Lipinski definition) is 4. The molecule has 1 unspecified atom stereocenters. The average Bonchev–Trinajstić information content (AvgIpc) is 2.57. The number of ketones is 1. The van der Waals surface area contributed by atoms with E-state index >= 15 is 0 Å². The molecule has 7 heteroatoms. The molecule has 1 aromatic heterocycles. The fraction of sp³-hybridized carbons (Fsp3) is 0.176. The van der Waals surface area contributed by atoms with Crippen LogP contribution in [0.5, 0.6) is 0 Å². The second-order valence-corrected chi connectivity index (χ2v) is 7.14. The Hall–Kier alpha value is -2.35. The molecule has 24 heavy (non-hydrogen) atoms. The van der Waals surface area contributed by atoms with Crippen molar-refractivity contribution >= 4 is 22.1 Å². The van der Waals surface area contributed by atoms with E-state index in [0.717, 1.165) is 9.87 Å². The maximum atomic E-state index is 12.8. The quantitative estimate of drug-likeness (QED) is 0.851. The second-order valence-electron chi connectivity index (χ2n) is 5.59. The van der Waals surface area contributed by atoms with E-state index in [0.29, 0.717) is 11.3 Å². The molecule has 0 bridgehead atoms. The molecule has 0 spiro atoms. The van der Waals surface area contributed by atoms with E-state index in [-0.39, 0.29) is 18.9 Å². The van der Waals surface area contributed by atoms with Gasteiger partial charge in [-0.15, -0.1) is 0 Å². The monoisotopic (exact) mass is 343 g/mol. The number of pyridine rings is 1. The first-order chi connectivity index (χ1) is 11.4.